The van der Waals surface area contributed by atoms with Crippen LogP contribution in [0.5, 0.6) is 5.75 Å². The lowest BCUT2D eigenvalue weighted by Crippen LogP contribution is -2.19. The molecule has 0 aliphatic heterocycles. The second kappa shape index (κ2) is 12.1. The number of carboxylic acid groups (broad SMARTS) is 1. The standard InChI is InChI=1S/C26H23ClN2O5S/c1-16-14-21(22(34-2)15-20(16)27)29-26(33)25(17-6-4-3-5-7-17)35-19-10-8-18(9-11-19)28-23(30)12-13-24(31)32/h3-15,25H,1-2H3,(H,28,30)(H,29,33)(H,31,32)/b13-12+. The molecule has 0 spiro atoms. The first kappa shape index (κ1) is 25.9. The number of methoxy groups -OCH3 is 1. The van der Waals surface area contributed by atoms with Gasteiger partial charge in [0.05, 0.1) is 12.8 Å². The van der Waals surface area contributed by atoms with Crippen LogP contribution in [0, 0.1) is 6.92 Å². The summed E-state index contributed by atoms with van der Waals surface area (Å²) in [5.74, 6) is -1.54. The summed E-state index contributed by atoms with van der Waals surface area (Å²) >= 11 is 7.54. The van der Waals surface area contributed by atoms with Gasteiger partial charge in [-0.3, -0.25) is 9.59 Å². The summed E-state index contributed by atoms with van der Waals surface area (Å²) in [6.07, 6.45) is 1.70. The third-order valence-corrected chi connectivity index (χ3v) is 6.51. The van der Waals surface area contributed by atoms with E-state index >= 15 is 0 Å². The molecule has 180 valence electrons. The Hall–Kier alpha value is -3.75. The van der Waals surface area contributed by atoms with Crippen LogP contribution in [0.4, 0.5) is 11.4 Å². The number of aliphatic carboxylic acids is 1. The summed E-state index contributed by atoms with van der Waals surface area (Å²) in [5, 5.41) is 14.1. The van der Waals surface area contributed by atoms with Gasteiger partial charge < -0.3 is 20.5 Å². The highest BCUT2D eigenvalue weighted by molar-refractivity contribution is 8.00. The van der Waals surface area contributed by atoms with Crippen molar-refractivity contribution in [2.24, 2.45) is 0 Å². The third-order valence-electron chi connectivity index (χ3n) is 4.83. The van der Waals surface area contributed by atoms with E-state index in [1.54, 1.807) is 36.4 Å². The van der Waals surface area contributed by atoms with Crippen molar-refractivity contribution in [3.8, 4) is 5.75 Å². The number of amides is 2. The lowest BCUT2D eigenvalue weighted by Gasteiger charge is -2.19. The van der Waals surface area contributed by atoms with Crippen LogP contribution in [0.1, 0.15) is 16.4 Å². The number of carboxylic acids is 1. The molecule has 0 aliphatic rings. The molecule has 0 radical (unpaired) electrons. The number of hydrogen-bond donors (Lipinski definition) is 3. The lowest BCUT2D eigenvalue weighted by molar-refractivity contribution is -0.131. The van der Waals surface area contributed by atoms with E-state index in [0.29, 0.717) is 22.1 Å². The monoisotopic (exact) mass is 510 g/mol. The molecule has 0 fully saturated rings. The van der Waals surface area contributed by atoms with E-state index in [2.05, 4.69) is 10.6 Å². The molecule has 35 heavy (non-hydrogen) atoms. The largest absolute Gasteiger partial charge is 0.495 e. The minimum Gasteiger partial charge on any atom is -0.495 e. The van der Waals surface area contributed by atoms with Gasteiger partial charge in [0.15, 0.2) is 0 Å². The molecule has 3 aromatic rings. The molecule has 3 aromatic carbocycles. The zero-order chi connectivity index (χ0) is 25.4. The van der Waals surface area contributed by atoms with Crippen LogP contribution in [0.15, 0.2) is 83.8 Å². The Morgan fingerprint density at radius 2 is 1.69 bits per heavy atom. The Bertz CT molecular complexity index is 1250. The van der Waals surface area contributed by atoms with Crippen molar-refractivity contribution in [3.05, 3.63) is 95.0 Å². The Balaban J connectivity index is 1.80. The number of hydrogen-bond acceptors (Lipinski definition) is 5. The molecular formula is C26H23ClN2O5S. The van der Waals surface area contributed by atoms with Gasteiger partial charge in [-0.15, -0.1) is 11.8 Å². The van der Waals surface area contributed by atoms with Gasteiger partial charge in [0.2, 0.25) is 11.8 Å². The highest BCUT2D eigenvalue weighted by atomic mass is 35.5. The van der Waals surface area contributed by atoms with E-state index in [-0.39, 0.29) is 5.91 Å². The normalized spacial score (nSPS) is 11.6. The van der Waals surface area contributed by atoms with Crippen molar-refractivity contribution in [3.63, 3.8) is 0 Å². The quantitative estimate of drug-likeness (QED) is 0.251. The summed E-state index contributed by atoms with van der Waals surface area (Å²) in [5.41, 5.74) is 2.64. The third kappa shape index (κ3) is 7.37. The summed E-state index contributed by atoms with van der Waals surface area (Å²) in [6.45, 7) is 1.85. The number of anilines is 2. The highest BCUT2D eigenvalue weighted by Crippen LogP contribution is 2.38. The minimum absolute atomic E-state index is 0.239. The van der Waals surface area contributed by atoms with Crippen molar-refractivity contribution >= 4 is 52.5 Å². The molecule has 3 N–H and O–H groups in total. The zero-order valence-electron chi connectivity index (χ0n) is 18.9. The molecule has 3 rings (SSSR count). The van der Waals surface area contributed by atoms with E-state index in [9.17, 15) is 14.4 Å². The summed E-state index contributed by atoms with van der Waals surface area (Å²) < 4.78 is 5.38. The fourth-order valence-electron chi connectivity index (χ4n) is 3.11. The second-order valence-corrected chi connectivity index (χ2v) is 8.97. The maximum Gasteiger partial charge on any atom is 0.328 e. The van der Waals surface area contributed by atoms with E-state index < -0.39 is 17.1 Å². The average molecular weight is 511 g/mol. The first-order valence-electron chi connectivity index (χ1n) is 10.5. The SMILES string of the molecule is COc1cc(Cl)c(C)cc1NC(=O)C(Sc1ccc(NC(=O)/C=C/C(=O)O)cc1)c1ccccc1. The number of benzene rings is 3. The van der Waals surface area contributed by atoms with Gasteiger partial charge >= 0.3 is 5.97 Å². The van der Waals surface area contributed by atoms with E-state index in [1.807, 2.05) is 37.3 Å². The van der Waals surface area contributed by atoms with Crippen LogP contribution < -0.4 is 15.4 Å². The topological polar surface area (TPSA) is 105 Å². The van der Waals surface area contributed by atoms with Crippen LogP contribution in [-0.2, 0) is 14.4 Å². The van der Waals surface area contributed by atoms with Gasteiger partial charge in [0.1, 0.15) is 11.0 Å². The molecule has 9 heteroatoms. The van der Waals surface area contributed by atoms with Gasteiger partial charge in [-0.05, 0) is 48.4 Å². The Labute approximate surface area is 212 Å². The molecule has 0 saturated heterocycles. The Morgan fingerprint density at radius 1 is 1.00 bits per heavy atom. The van der Waals surface area contributed by atoms with Crippen LogP contribution in [0.25, 0.3) is 0 Å². The maximum atomic E-state index is 13.4. The molecule has 0 bridgehead atoms. The van der Waals surface area contributed by atoms with E-state index in [0.717, 1.165) is 28.2 Å². The van der Waals surface area contributed by atoms with E-state index in [1.165, 1.54) is 18.9 Å². The molecule has 0 saturated carbocycles. The van der Waals surface area contributed by atoms with Gasteiger partial charge in [0, 0.05) is 33.8 Å². The fourth-order valence-corrected chi connectivity index (χ4v) is 4.29. The first-order chi connectivity index (χ1) is 16.8. The van der Waals surface area contributed by atoms with Crippen LogP contribution in [0.3, 0.4) is 0 Å². The van der Waals surface area contributed by atoms with Crippen molar-refractivity contribution in [1.29, 1.82) is 0 Å². The van der Waals surface area contributed by atoms with Gasteiger partial charge in [-0.1, -0.05) is 41.9 Å². The van der Waals surface area contributed by atoms with Crippen molar-refractivity contribution < 1.29 is 24.2 Å². The molecule has 0 aromatic heterocycles. The van der Waals surface area contributed by atoms with Crippen LogP contribution in [0.2, 0.25) is 5.02 Å². The number of nitrogens with one attached hydrogen (secondary N) is 2. The molecule has 2 amide bonds. The van der Waals surface area contributed by atoms with Crippen LogP contribution in [-0.4, -0.2) is 30.0 Å². The maximum absolute atomic E-state index is 13.4. The predicted molar refractivity (Wildman–Crippen MR) is 138 cm³/mol. The van der Waals surface area contributed by atoms with Gasteiger partial charge in [0.25, 0.3) is 0 Å². The number of carbonyl (C=O) groups is 3. The number of carbonyl (C=O) groups excluding carboxylic acids is 2. The molecular weight excluding hydrogens is 488 g/mol. The lowest BCUT2D eigenvalue weighted by atomic mass is 10.1. The zero-order valence-corrected chi connectivity index (χ0v) is 20.5. The first-order valence-corrected chi connectivity index (χ1v) is 11.7. The highest BCUT2D eigenvalue weighted by Gasteiger charge is 2.23. The van der Waals surface area contributed by atoms with E-state index in [4.69, 9.17) is 21.4 Å². The summed E-state index contributed by atoms with van der Waals surface area (Å²) in [7, 11) is 1.51. The van der Waals surface area contributed by atoms with Crippen molar-refractivity contribution in [2.45, 2.75) is 17.1 Å². The second-order valence-electron chi connectivity index (χ2n) is 7.38. The predicted octanol–water partition coefficient (Wildman–Crippen LogP) is 5.71. The number of halogens is 1. The molecule has 1 unspecified atom stereocenters. The summed E-state index contributed by atoms with van der Waals surface area (Å²) in [6, 6.07) is 19.7. The molecule has 7 nitrogen and oxygen atoms in total. The smallest absolute Gasteiger partial charge is 0.328 e. The number of aryl methyl sites for hydroxylation is 1. The molecule has 0 aliphatic carbocycles. The Kier molecular flexibility index (Phi) is 8.94. The number of thioether (sulfide) groups is 1. The number of rotatable bonds is 9. The minimum atomic E-state index is -1.21. The fraction of sp³-hybridized carbons (Fsp3) is 0.115. The number of ether oxygens (including phenoxy) is 1. The molecule has 0 heterocycles. The van der Waals surface area contributed by atoms with Crippen molar-refractivity contribution in [1.82, 2.24) is 0 Å². The molecule has 1 atom stereocenters. The van der Waals surface area contributed by atoms with Gasteiger partial charge in [-0.25, -0.2) is 4.79 Å². The Morgan fingerprint density at radius 3 is 2.31 bits per heavy atom. The van der Waals surface area contributed by atoms with Crippen molar-refractivity contribution in [2.75, 3.05) is 17.7 Å². The summed E-state index contributed by atoms with van der Waals surface area (Å²) in [4.78, 5) is 36.5. The van der Waals surface area contributed by atoms with Gasteiger partial charge in [-0.2, -0.15) is 0 Å². The average Bonchev–Trinajstić information content (AvgIpc) is 2.84. The van der Waals surface area contributed by atoms with Crippen LogP contribution >= 0.6 is 23.4 Å².